The third kappa shape index (κ3) is 27.5. The molecular formula is C79H90Ir3N4NiO6S-4. The summed E-state index contributed by atoms with van der Waals surface area (Å²) in [6.07, 6.45) is 13.4. The maximum Gasteiger partial charge on any atom is 0.155 e. The zero-order valence-corrected chi connectivity index (χ0v) is 65.6. The van der Waals surface area contributed by atoms with Gasteiger partial charge in [0, 0.05) is 108 Å². The number of oxazole rings is 1. The van der Waals surface area contributed by atoms with Crippen LogP contribution < -0.4 is 0 Å². The van der Waals surface area contributed by atoms with Gasteiger partial charge in [0.2, 0.25) is 0 Å². The van der Waals surface area contributed by atoms with Gasteiger partial charge in [-0.1, -0.05) is 152 Å². The number of carbonyl (C=O) groups excluding carboxylic acids is 3. The molecule has 0 aliphatic carbocycles. The number of hydrogen-bond acceptors (Lipinski definition) is 11. The largest absolute Gasteiger partial charge is 0.512 e. The number of nitrogens with zero attached hydrogens (tertiary/aromatic N) is 4. The Morgan fingerprint density at radius 1 is 0.606 bits per heavy atom. The predicted octanol–water partition coefficient (Wildman–Crippen LogP) is 21.2. The maximum atomic E-state index is 12.4. The normalized spacial score (nSPS) is 12.0. The number of carbonyl (C=O) groups is 3. The number of pyridine rings is 3. The number of thiophene rings is 1. The number of aromatic nitrogens is 4. The van der Waals surface area contributed by atoms with Gasteiger partial charge in [0.05, 0.1) is 22.7 Å². The average molecular weight is 1860 g/mol. The van der Waals surface area contributed by atoms with Gasteiger partial charge in [-0.25, -0.2) is 11.3 Å². The molecule has 5 heterocycles. The van der Waals surface area contributed by atoms with Crippen molar-refractivity contribution in [3.63, 3.8) is 0 Å². The quantitative estimate of drug-likeness (QED) is 0.0225. The predicted molar refractivity (Wildman–Crippen MR) is 372 cm³/mol. The van der Waals surface area contributed by atoms with Crippen LogP contribution in [0, 0.1) is 36.1 Å². The Hall–Kier alpha value is -6.23. The molecule has 3 radical (unpaired) electrons. The topological polar surface area (TPSA) is 156 Å². The average Bonchev–Trinajstić information content (AvgIpc) is 0.986. The van der Waals surface area contributed by atoms with Gasteiger partial charge in [-0.05, 0) is 135 Å². The van der Waals surface area contributed by atoms with E-state index in [0.29, 0.717) is 52.7 Å². The molecule has 4 unspecified atom stereocenters. The Morgan fingerprint density at radius 3 is 1.84 bits per heavy atom. The number of ketones is 3. The van der Waals surface area contributed by atoms with E-state index in [-0.39, 0.29) is 106 Å². The van der Waals surface area contributed by atoms with Gasteiger partial charge in [0.25, 0.3) is 0 Å². The molecule has 0 amide bonds. The number of para-hydroxylation sites is 2. The van der Waals surface area contributed by atoms with Gasteiger partial charge in [-0.2, -0.15) is 12.1 Å². The SMILES string of the molecule is CC(=O)C=C(C)O.CC(=O)C=C(C)O.CC(C)Cc1cc[c-]c(-c2nc3ccccc3o2)c1.CCC(C)c1ccnc(-c2[c-]cc(C(C)CC)s2)c1.CCC(C)c1ccnc2c1ccc1ccc[c-]c12.CCC(c1cc[c-]c(C(=O)c2ccccn2)c1)C(C)C.[Ir].[Ir].[Ir].[Ni]. The van der Waals surface area contributed by atoms with Crippen molar-refractivity contribution in [1.82, 2.24) is 19.9 Å². The first kappa shape index (κ1) is 85.8. The van der Waals surface area contributed by atoms with E-state index < -0.39 is 0 Å². The second-order valence-electron chi connectivity index (χ2n) is 23.3. The first-order valence-electron chi connectivity index (χ1n) is 31.3. The van der Waals surface area contributed by atoms with Crippen LogP contribution in [0.3, 0.4) is 0 Å². The van der Waals surface area contributed by atoms with E-state index in [1.54, 1.807) is 12.3 Å². The van der Waals surface area contributed by atoms with Gasteiger partial charge < -0.3 is 29.4 Å². The Balaban J connectivity index is 0.000000579. The Kier molecular flexibility index (Phi) is 40.6. The molecule has 0 saturated heterocycles. The molecule has 0 fully saturated rings. The van der Waals surface area contributed by atoms with E-state index >= 15 is 0 Å². The molecule has 5 aromatic heterocycles. The van der Waals surface area contributed by atoms with Crippen molar-refractivity contribution in [3.8, 4) is 22.0 Å². The van der Waals surface area contributed by atoms with E-state index in [0.717, 1.165) is 58.9 Å². The number of hydrogen-bond donors (Lipinski definition) is 2. The van der Waals surface area contributed by atoms with Crippen LogP contribution in [0.5, 0.6) is 0 Å². The van der Waals surface area contributed by atoms with Gasteiger partial charge in [0.1, 0.15) is 17.3 Å². The molecular weight excluding hydrogens is 1770 g/mol. The molecule has 509 valence electrons. The summed E-state index contributed by atoms with van der Waals surface area (Å²) in [5, 5.41) is 20.3. The van der Waals surface area contributed by atoms with Crippen molar-refractivity contribution in [2.75, 3.05) is 0 Å². The number of allylic oxidation sites excluding steroid dienone is 4. The Morgan fingerprint density at radius 2 is 1.26 bits per heavy atom. The Labute approximate surface area is 613 Å². The van der Waals surface area contributed by atoms with Crippen molar-refractivity contribution in [3.05, 3.63) is 238 Å². The summed E-state index contributed by atoms with van der Waals surface area (Å²) in [6, 6.07) is 57.2. The first-order chi connectivity index (χ1) is 43.1. The second-order valence-corrected chi connectivity index (χ2v) is 24.4. The minimum Gasteiger partial charge on any atom is -0.512 e. The fourth-order valence-electron chi connectivity index (χ4n) is 9.86. The van der Waals surface area contributed by atoms with Crippen molar-refractivity contribution in [1.29, 1.82) is 0 Å². The minimum absolute atomic E-state index is 0. The van der Waals surface area contributed by atoms with Gasteiger partial charge in [0.15, 0.2) is 11.6 Å². The molecule has 2 N–H and O–H groups in total. The van der Waals surface area contributed by atoms with Crippen molar-refractivity contribution >= 4 is 61.5 Å². The molecule has 0 spiro atoms. The molecule has 10 rings (SSSR count). The van der Waals surface area contributed by atoms with Crippen LogP contribution in [0.4, 0.5) is 0 Å². The summed E-state index contributed by atoms with van der Waals surface area (Å²) in [4.78, 5) is 52.7. The van der Waals surface area contributed by atoms with Crippen molar-refractivity contribution in [2.45, 2.75) is 160 Å². The molecule has 4 atom stereocenters. The zero-order valence-electron chi connectivity index (χ0n) is 56.6. The number of rotatable bonds is 17. The summed E-state index contributed by atoms with van der Waals surface area (Å²) in [5.74, 6) is 3.90. The number of aliphatic hydroxyl groups excluding tert-OH is 2. The second kappa shape index (κ2) is 44.5. The summed E-state index contributed by atoms with van der Waals surface area (Å²) >= 11 is 1.83. The van der Waals surface area contributed by atoms with Crippen LogP contribution in [0.15, 0.2) is 180 Å². The third-order valence-corrected chi connectivity index (χ3v) is 16.4. The Bertz CT molecular complexity index is 3890. The van der Waals surface area contributed by atoms with Gasteiger partial charge in [-0.15, -0.1) is 100 Å². The van der Waals surface area contributed by atoms with Crippen LogP contribution in [-0.2, 0) is 92.8 Å². The number of aliphatic hydroxyl groups is 2. The van der Waals surface area contributed by atoms with Crippen LogP contribution in [0.25, 0.3) is 54.8 Å². The molecule has 0 saturated carbocycles. The maximum absolute atomic E-state index is 12.4. The van der Waals surface area contributed by atoms with Crippen LogP contribution >= 0.6 is 11.3 Å². The van der Waals surface area contributed by atoms with E-state index in [1.807, 2.05) is 90.5 Å². The van der Waals surface area contributed by atoms with Crippen LogP contribution in [0.2, 0.25) is 0 Å². The van der Waals surface area contributed by atoms with Crippen molar-refractivity contribution in [2.24, 2.45) is 11.8 Å². The first-order valence-corrected chi connectivity index (χ1v) is 32.1. The molecule has 94 heavy (non-hydrogen) atoms. The van der Waals surface area contributed by atoms with E-state index in [2.05, 4.69) is 181 Å². The fourth-order valence-corrected chi connectivity index (χ4v) is 10.9. The molecule has 10 nitrogen and oxygen atoms in total. The van der Waals surface area contributed by atoms with E-state index in [4.69, 9.17) is 14.6 Å². The van der Waals surface area contributed by atoms with Gasteiger partial charge in [-0.3, -0.25) is 19.6 Å². The van der Waals surface area contributed by atoms with E-state index in [9.17, 15) is 14.4 Å². The smallest absolute Gasteiger partial charge is 0.155 e. The molecule has 0 aliphatic heterocycles. The summed E-state index contributed by atoms with van der Waals surface area (Å²) in [6.45, 7) is 30.2. The summed E-state index contributed by atoms with van der Waals surface area (Å²) in [7, 11) is 0. The molecule has 5 aromatic carbocycles. The molecule has 10 aromatic rings. The molecule has 15 heteroatoms. The third-order valence-electron chi connectivity index (χ3n) is 15.1. The number of fused-ring (bicyclic) bond motifs is 4. The number of benzene rings is 5. The van der Waals surface area contributed by atoms with Crippen molar-refractivity contribution < 1.29 is 106 Å². The zero-order chi connectivity index (χ0) is 65.9. The summed E-state index contributed by atoms with van der Waals surface area (Å²) < 4.78 is 5.77. The molecule has 0 bridgehead atoms. The monoisotopic (exact) mass is 1860 g/mol. The minimum atomic E-state index is -0.125. The molecule has 0 aliphatic rings. The van der Waals surface area contributed by atoms with Crippen LogP contribution in [0.1, 0.15) is 196 Å². The standard InChI is InChI=1S/C18H20NO.C17H16NO.C17H22NS.C17H16N.2C5H8O2.3Ir.Ni/c1-4-16(13(2)3)14-8-7-9-15(12-14)18(20)17-10-5-6-11-19-17;1-12(2)10-13-6-5-7-14(11-13)17-18-15-8-3-4-9-16(15)19-17;1-5-12(3)14-9-10-18-15(11-14)17-8-7-16(19-17)13(4)6-2;1-3-12(2)14-10-11-18-17-15-7-5-4-6-13(15)8-9-16(14)17;2*1-4(6)3-5(2)7;;;;/h5-8,10-13,16H,4H2,1-3H3;3-6,8-9,11-12H,10H2,1-2H3;7,9-13H,5-6H2,1-4H3;4-6,8-12H,3H2,1-2H3;2*3,6H,1-2H3;;;;/q4*-1;;;;;;. The summed E-state index contributed by atoms with van der Waals surface area (Å²) in [5.41, 5.74) is 11.1. The van der Waals surface area contributed by atoms with Crippen LogP contribution in [-0.4, -0.2) is 47.5 Å². The van der Waals surface area contributed by atoms with Gasteiger partial charge >= 0.3 is 0 Å². The van der Waals surface area contributed by atoms with E-state index in [1.165, 1.54) is 89.0 Å². The fraction of sp³-hybridized carbons (Fsp3) is 0.329.